The minimum atomic E-state index is 0.502. The van der Waals surface area contributed by atoms with Crippen LogP contribution in [-0.4, -0.2) is 9.59 Å². The van der Waals surface area contributed by atoms with E-state index in [0.29, 0.717) is 6.54 Å². The maximum absolute atomic E-state index is 5.56. The van der Waals surface area contributed by atoms with Crippen LogP contribution in [0.15, 0.2) is 30.3 Å². The maximum Gasteiger partial charge on any atom is 0.110 e. The highest BCUT2D eigenvalue weighted by Gasteiger charge is 2.07. The molecule has 0 fully saturated rings. The molecule has 0 aliphatic rings. The summed E-state index contributed by atoms with van der Waals surface area (Å²) < 4.78 is 3.88. The Kier molecular flexibility index (Phi) is 2.33. The van der Waals surface area contributed by atoms with Gasteiger partial charge in [-0.1, -0.05) is 34.8 Å². The van der Waals surface area contributed by atoms with Crippen LogP contribution in [0.2, 0.25) is 0 Å². The molecule has 0 radical (unpaired) electrons. The number of benzene rings is 1. The SMILES string of the molecule is NCc1snnc1-c1ccccc1. The molecule has 13 heavy (non-hydrogen) atoms. The zero-order valence-electron chi connectivity index (χ0n) is 6.97. The van der Waals surface area contributed by atoms with Gasteiger partial charge in [0.05, 0.1) is 4.88 Å². The molecule has 0 unspecified atom stereocenters. The van der Waals surface area contributed by atoms with Gasteiger partial charge < -0.3 is 5.73 Å². The highest BCUT2D eigenvalue weighted by molar-refractivity contribution is 7.05. The number of hydrogen-bond acceptors (Lipinski definition) is 4. The van der Waals surface area contributed by atoms with Crippen molar-refractivity contribution in [3.63, 3.8) is 0 Å². The molecule has 0 amide bonds. The first-order chi connectivity index (χ1) is 6.42. The van der Waals surface area contributed by atoms with Crippen molar-refractivity contribution in [2.75, 3.05) is 0 Å². The van der Waals surface area contributed by atoms with Crippen molar-refractivity contribution < 1.29 is 0 Å². The lowest BCUT2D eigenvalue weighted by molar-refractivity contribution is 1.08. The van der Waals surface area contributed by atoms with Crippen molar-refractivity contribution in [1.29, 1.82) is 0 Å². The Morgan fingerprint density at radius 3 is 2.69 bits per heavy atom. The lowest BCUT2D eigenvalue weighted by Crippen LogP contribution is -1.95. The standard InChI is InChI=1S/C9H9N3S/c10-6-8-9(11-12-13-8)7-4-2-1-3-5-7/h1-5H,6,10H2. The molecular weight excluding hydrogens is 182 g/mol. The van der Waals surface area contributed by atoms with Gasteiger partial charge in [0.1, 0.15) is 5.69 Å². The van der Waals surface area contributed by atoms with Crippen LogP contribution >= 0.6 is 11.5 Å². The Morgan fingerprint density at radius 2 is 2.00 bits per heavy atom. The molecule has 0 saturated carbocycles. The number of nitrogens with zero attached hydrogens (tertiary/aromatic N) is 2. The first-order valence-electron chi connectivity index (χ1n) is 3.98. The highest BCUT2D eigenvalue weighted by atomic mass is 32.1. The van der Waals surface area contributed by atoms with Crippen molar-refractivity contribution in [1.82, 2.24) is 9.59 Å². The van der Waals surface area contributed by atoms with E-state index in [4.69, 9.17) is 5.73 Å². The molecule has 3 nitrogen and oxygen atoms in total. The molecule has 2 rings (SSSR count). The molecule has 1 aromatic carbocycles. The second-order valence-electron chi connectivity index (χ2n) is 2.61. The van der Waals surface area contributed by atoms with Gasteiger partial charge in [0.2, 0.25) is 0 Å². The summed E-state index contributed by atoms with van der Waals surface area (Å²) in [6.07, 6.45) is 0. The van der Waals surface area contributed by atoms with E-state index in [1.165, 1.54) is 11.5 Å². The summed E-state index contributed by atoms with van der Waals surface area (Å²) in [5, 5.41) is 4.05. The predicted molar refractivity (Wildman–Crippen MR) is 53.2 cm³/mol. The van der Waals surface area contributed by atoms with E-state index in [2.05, 4.69) is 9.59 Å². The Labute approximate surface area is 80.4 Å². The first kappa shape index (κ1) is 8.34. The fraction of sp³-hybridized carbons (Fsp3) is 0.111. The first-order valence-corrected chi connectivity index (χ1v) is 4.76. The summed E-state index contributed by atoms with van der Waals surface area (Å²) in [6.45, 7) is 0.502. The van der Waals surface area contributed by atoms with E-state index in [0.717, 1.165) is 16.1 Å². The van der Waals surface area contributed by atoms with Gasteiger partial charge in [-0.05, 0) is 11.5 Å². The van der Waals surface area contributed by atoms with Crippen molar-refractivity contribution in [2.45, 2.75) is 6.54 Å². The van der Waals surface area contributed by atoms with Gasteiger partial charge in [0.25, 0.3) is 0 Å². The summed E-state index contributed by atoms with van der Waals surface area (Å²) in [5.74, 6) is 0. The minimum absolute atomic E-state index is 0.502. The molecule has 2 N–H and O–H groups in total. The molecule has 66 valence electrons. The van der Waals surface area contributed by atoms with E-state index in [-0.39, 0.29) is 0 Å². The molecule has 0 saturated heterocycles. The smallest absolute Gasteiger partial charge is 0.110 e. The molecule has 0 aliphatic heterocycles. The van der Waals surface area contributed by atoms with Crippen LogP contribution in [0.3, 0.4) is 0 Å². The topological polar surface area (TPSA) is 51.8 Å². The van der Waals surface area contributed by atoms with Gasteiger partial charge in [-0.3, -0.25) is 0 Å². The van der Waals surface area contributed by atoms with E-state index in [9.17, 15) is 0 Å². The second kappa shape index (κ2) is 3.64. The molecule has 0 bridgehead atoms. The summed E-state index contributed by atoms with van der Waals surface area (Å²) in [7, 11) is 0. The van der Waals surface area contributed by atoms with E-state index < -0.39 is 0 Å². The maximum atomic E-state index is 5.56. The number of aromatic nitrogens is 2. The van der Waals surface area contributed by atoms with Crippen LogP contribution in [0.4, 0.5) is 0 Å². The zero-order valence-corrected chi connectivity index (χ0v) is 7.79. The number of hydrogen-bond donors (Lipinski definition) is 1. The predicted octanol–water partition coefficient (Wildman–Crippen LogP) is 1.66. The largest absolute Gasteiger partial charge is 0.326 e. The van der Waals surface area contributed by atoms with Crippen LogP contribution in [0.25, 0.3) is 11.3 Å². The Morgan fingerprint density at radius 1 is 1.23 bits per heavy atom. The lowest BCUT2D eigenvalue weighted by Gasteiger charge is -1.96. The van der Waals surface area contributed by atoms with Crippen LogP contribution in [0.5, 0.6) is 0 Å². The van der Waals surface area contributed by atoms with Crippen LogP contribution < -0.4 is 5.73 Å². The van der Waals surface area contributed by atoms with Crippen molar-refractivity contribution in [3.8, 4) is 11.3 Å². The quantitative estimate of drug-likeness (QED) is 0.785. The van der Waals surface area contributed by atoms with Gasteiger partial charge in [-0.15, -0.1) is 5.10 Å². The molecular formula is C9H9N3S. The van der Waals surface area contributed by atoms with Gasteiger partial charge in [0, 0.05) is 12.1 Å². The van der Waals surface area contributed by atoms with Gasteiger partial charge in [0.15, 0.2) is 0 Å². The average molecular weight is 191 g/mol. The molecule has 2 aromatic rings. The van der Waals surface area contributed by atoms with E-state index in [1.807, 2.05) is 30.3 Å². The Balaban J connectivity index is 2.47. The van der Waals surface area contributed by atoms with Crippen LogP contribution in [0, 0.1) is 0 Å². The van der Waals surface area contributed by atoms with E-state index in [1.54, 1.807) is 0 Å². The number of nitrogens with two attached hydrogens (primary N) is 1. The summed E-state index contributed by atoms with van der Waals surface area (Å²) in [6, 6.07) is 9.96. The fourth-order valence-corrected chi connectivity index (χ4v) is 1.70. The summed E-state index contributed by atoms with van der Waals surface area (Å²) >= 11 is 1.36. The van der Waals surface area contributed by atoms with Gasteiger partial charge in [-0.2, -0.15) is 0 Å². The monoisotopic (exact) mass is 191 g/mol. The average Bonchev–Trinajstić information content (AvgIpc) is 2.67. The third-order valence-electron chi connectivity index (χ3n) is 1.79. The second-order valence-corrected chi connectivity index (χ2v) is 3.45. The van der Waals surface area contributed by atoms with Crippen molar-refractivity contribution >= 4 is 11.5 Å². The van der Waals surface area contributed by atoms with Crippen molar-refractivity contribution in [2.24, 2.45) is 5.73 Å². The molecule has 0 spiro atoms. The molecule has 4 heteroatoms. The summed E-state index contributed by atoms with van der Waals surface area (Å²) in [5.41, 5.74) is 7.55. The third kappa shape index (κ3) is 1.59. The third-order valence-corrected chi connectivity index (χ3v) is 2.53. The van der Waals surface area contributed by atoms with Crippen molar-refractivity contribution in [3.05, 3.63) is 35.2 Å². The minimum Gasteiger partial charge on any atom is -0.326 e. The number of rotatable bonds is 2. The molecule has 1 aromatic heterocycles. The normalized spacial score (nSPS) is 10.2. The Bertz CT molecular complexity index is 383. The van der Waals surface area contributed by atoms with E-state index >= 15 is 0 Å². The molecule has 1 heterocycles. The zero-order chi connectivity index (χ0) is 9.10. The lowest BCUT2D eigenvalue weighted by atomic mass is 10.1. The molecule has 0 atom stereocenters. The van der Waals surface area contributed by atoms with Crippen LogP contribution in [0.1, 0.15) is 4.88 Å². The highest BCUT2D eigenvalue weighted by Crippen LogP contribution is 2.22. The molecule has 0 aliphatic carbocycles. The fourth-order valence-electron chi connectivity index (χ4n) is 1.16. The van der Waals surface area contributed by atoms with Crippen LogP contribution in [-0.2, 0) is 6.54 Å². The van der Waals surface area contributed by atoms with Gasteiger partial charge in [-0.25, -0.2) is 0 Å². The summed E-state index contributed by atoms with van der Waals surface area (Å²) in [4.78, 5) is 1.03. The Hall–Kier alpha value is -1.26. The van der Waals surface area contributed by atoms with Gasteiger partial charge >= 0.3 is 0 Å².